The van der Waals surface area contributed by atoms with Crippen LogP contribution in [0, 0.1) is 0 Å². The van der Waals surface area contributed by atoms with Gasteiger partial charge in [0.1, 0.15) is 0 Å². The number of aromatic amines is 1. The van der Waals surface area contributed by atoms with E-state index in [1.807, 2.05) is 20.8 Å². The van der Waals surface area contributed by atoms with Gasteiger partial charge >= 0.3 is 0 Å². The van der Waals surface area contributed by atoms with E-state index in [1.54, 1.807) is 0 Å². The Morgan fingerprint density at radius 2 is 2.18 bits per heavy atom. The molecular weight excluding hydrogens is 220 g/mol. The van der Waals surface area contributed by atoms with Crippen molar-refractivity contribution >= 4 is 11.7 Å². The number of anilines is 1. The van der Waals surface area contributed by atoms with Crippen LogP contribution in [0.3, 0.4) is 0 Å². The molecule has 0 fully saturated rings. The molecule has 0 saturated carbocycles. The predicted octanol–water partition coefficient (Wildman–Crippen LogP) is 0.487. The first-order valence-corrected chi connectivity index (χ1v) is 5.47. The summed E-state index contributed by atoms with van der Waals surface area (Å²) in [6, 6.07) is 0. The number of carbonyl (C=O) groups excluding carboxylic acids is 1. The normalized spacial score (nSPS) is 11.0. The zero-order chi connectivity index (χ0) is 12.9. The second-order valence-electron chi connectivity index (χ2n) is 4.74. The van der Waals surface area contributed by atoms with E-state index in [0.29, 0.717) is 13.0 Å². The van der Waals surface area contributed by atoms with E-state index in [4.69, 9.17) is 0 Å². The van der Waals surface area contributed by atoms with Gasteiger partial charge < -0.3 is 15.6 Å². The van der Waals surface area contributed by atoms with Crippen LogP contribution in [0.2, 0.25) is 0 Å². The minimum absolute atomic E-state index is 0.0580. The minimum Gasteiger partial charge on any atom is -0.365 e. The summed E-state index contributed by atoms with van der Waals surface area (Å²) in [5.41, 5.74) is -0.525. The highest BCUT2D eigenvalue weighted by molar-refractivity contribution is 5.77. The molecule has 6 nitrogen and oxygen atoms in total. The molecule has 1 aromatic heterocycles. The summed E-state index contributed by atoms with van der Waals surface area (Å²) >= 11 is 0. The molecule has 1 amide bonds. The molecule has 1 heterocycles. The zero-order valence-corrected chi connectivity index (χ0v) is 10.3. The number of H-pyrrole nitrogens is 1. The molecule has 0 spiro atoms. The maximum Gasteiger partial charge on any atom is 0.290 e. The lowest BCUT2D eigenvalue weighted by Crippen LogP contribution is -2.41. The Balaban J connectivity index is 2.36. The SMILES string of the molecule is CC(C)(C)NC(=O)CCNc1ncc[nH]c1=O. The van der Waals surface area contributed by atoms with E-state index in [1.165, 1.54) is 12.4 Å². The number of amides is 1. The largest absolute Gasteiger partial charge is 0.365 e. The van der Waals surface area contributed by atoms with Crippen LogP contribution in [0.15, 0.2) is 17.2 Å². The van der Waals surface area contributed by atoms with Gasteiger partial charge in [0.05, 0.1) is 0 Å². The van der Waals surface area contributed by atoms with Crippen LogP contribution in [0.4, 0.5) is 5.82 Å². The van der Waals surface area contributed by atoms with Gasteiger partial charge in [-0.05, 0) is 20.8 Å². The molecule has 17 heavy (non-hydrogen) atoms. The fourth-order valence-corrected chi connectivity index (χ4v) is 1.25. The van der Waals surface area contributed by atoms with Gasteiger partial charge in [-0.3, -0.25) is 9.59 Å². The highest BCUT2D eigenvalue weighted by Gasteiger charge is 2.13. The summed E-state index contributed by atoms with van der Waals surface area (Å²) in [5.74, 6) is 0.174. The number of hydrogen-bond donors (Lipinski definition) is 3. The summed E-state index contributed by atoms with van der Waals surface area (Å²) in [4.78, 5) is 29.1. The fourth-order valence-electron chi connectivity index (χ4n) is 1.25. The van der Waals surface area contributed by atoms with Gasteiger partial charge in [0.15, 0.2) is 5.82 Å². The maximum atomic E-state index is 11.5. The third-order valence-electron chi connectivity index (χ3n) is 1.87. The lowest BCUT2D eigenvalue weighted by Gasteiger charge is -2.20. The van der Waals surface area contributed by atoms with Crippen LogP contribution in [0.5, 0.6) is 0 Å². The molecule has 1 rings (SSSR count). The van der Waals surface area contributed by atoms with Gasteiger partial charge in [-0.15, -0.1) is 0 Å². The zero-order valence-electron chi connectivity index (χ0n) is 10.3. The first-order chi connectivity index (χ1) is 7.88. The Morgan fingerprint density at radius 3 is 2.76 bits per heavy atom. The van der Waals surface area contributed by atoms with Crippen molar-refractivity contribution in [3.8, 4) is 0 Å². The van der Waals surface area contributed by atoms with Crippen molar-refractivity contribution in [1.82, 2.24) is 15.3 Å². The van der Waals surface area contributed by atoms with Crippen molar-refractivity contribution in [2.75, 3.05) is 11.9 Å². The summed E-state index contributed by atoms with van der Waals surface area (Å²) in [5, 5.41) is 5.65. The molecule has 0 unspecified atom stereocenters. The quantitative estimate of drug-likeness (QED) is 0.712. The molecule has 94 valence electrons. The molecule has 1 aromatic rings. The van der Waals surface area contributed by atoms with E-state index in [9.17, 15) is 9.59 Å². The van der Waals surface area contributed by atoms with Crippen molar-refractivity contribution < 1.29 is 4.79 Å². The Kier molecular flexibility index (Phi) is 4.25. The summed E-state index contributed by atoms with van der Waals surface area (Å²) in [7, 11) is 0. The van der Waals surface area contributed by atoms with Crippen LogP contribution in [0.25, 0.3) is 0 Å². The van der Waals surface area contributed by atoms with Gasteiger partial charge in [-0.2, -0.15) is 0 Å². The third kappa shape index (κ3) is 5.14. The van der Waals surface area contributed by atoms with Gasteiger partial charge in [0.25, 0.3) is 5.56 Å². The lowest BCUT2D eigenvalue weighted by molar-refractivity contribution is -0.122. The van der Waals surface area contributed by atoms with Gasteiger partial charge in [0, 0.05) is 30.9 Å². The Hall–Kier alpha value is -1.85. The molecule has 0 saturated heterocycles. The molecule has 0 radical (unpaired) electrons. The van der Waals surface area contributed by atoms with Crippen molar-refractivity contribution in [2.45, 2.75) is 32.7 Å². The van der Waals surface area contributed by atoms with E-state index < -0.39 is 0 Å². The number of aromatic nitrogens is 2. The minimum atomic E-state index is -0.288. The fraction of sp³-hybridized carbons (Fsp3) is 0.545. The number of hydrogen-bond acceptors (Lipinski definition) is 4. The summed E-state index contributed by atoms with van der Waals surface area (Å²) in [6.45, 7) is 6.13. The lowest BCUT2D eigenvalue weighted by atomic mass is 10.1. The van der Waals surface area contributed by atoms with Crippen LogP contribution >= 0.6 is 0 Å². The average Bonchev–Trinajstić information content (AvgIpc) is 2.18. The van der Waals surface area contributed by atoms with Gasteiger partial charge in [0.2, 0.25) is 5.91 Å². The van der Waals surface area contributed by atoms with Crippen LogP contribution in [0.1, 0.15) is 27.2 Å². The summed E-state index contributed by atoms with van der Waals surface area (Å²) in [6.07, 6.45) is 3.24. The van der Waals surface area contributed by atoms with Crippen molar-refractivity contribution in [3.63, 3.8) is 0 Å². The standard InChI is InChI=1S/C11H18N4O2/c1-11(2,3)15-8(16)4-5-12-9-10(17)14-7-6-13-9/h6-7H,4-5H2,1-3H3,(H,12,13)(H,14,17)(H,15,16). The van der Waals surface area contributed by atoms with E-state index in [-0.39, 0.29) is 22.8 Å². The molecule has 0 aliphatic carbocycles. The third-order valence-corrected chi connectivity index (χ3v) is 1.87. The van der Waals surface area contributed by atoms with E-state index in [0.717, 1.165) is 0 Å². The number of rotatable bonds is 4. The highest BCUT2D eigenvalue weighted by atomic mass is 16.1. The first kappa shape index (κ1) is 13.2. The Morgan fingerprint density at radius 1 is 1.47 bits per heavy atom. The molecular formula is C11H18N4O2. The number of carbonyl (C=O) groups is 1. The second-order valence-corrected chi connectivity index (χ2v) is 4.74. The summed E-state index contributed by atoms with van der Waals surface area (Å²) < 4.78 is 0. The molecule has 3 N–H and O–H groups in total. The van der Waals surface area contributed by atoms with Crippen molar-refractivity contribution in [3.05, 3.63) is 22.7 Å². The number of nitrogens with zero attached hydrogens (tertiary/aromatic N) is 1. The van der Waals surface area contributed by atoms with Crippen LogP contribution in [-0.2, 0) is 4.79 Å². The number of nitrogens with one attached hydrogen (secondary N) is 3. The molecule has 0 bridgehead atoms. The smallest absolute Gasteiger partial charge is 0.290 e. The molecule has 0 atom stereocenters. The van der Waals surface area contributed by atoms with E-state index >= 15 is 0 Å². The maximum absolute atomic E-state index is 11.5. The molecule has 0 aromatic carbocycles. The Labute approximate surface area is 99.8 Å². The van der Waals surface area contributed by atoms with Gasteiger partial charge in [-0.25, -0.2) is 4.98 Å². The van der Waals surface area contributed by atoms with Crippen molar-refractivity contribution in [1.29, 1.82) is 0 Å². The highest BCUT2D eigenvalue weighted by Crippen LogP contribution is 1.99. The molecule has 0 aliphatic heterocycles. The average molecular weight is 238 g/mol. The van der Waals surface area contributed by atoms with E-state index in [2.05, 4.69) is 20.6 Å². The van der Waals surface area contributed by atoms with Crippen LogP contribution < -0.4 is 16.2 Å². The Bertz CT molecular complexity index is 434. The second kappa shape index (κ2) is 5.47. The predicted molar refractivity (Wildman–Crippen MR) is 65.9 cm³/mol. The molecule has 0 aliphatic rings. The van der Waals surface area contributed by atoms with Crippen LogP contribution in [-0.4, -0.2) is 28.0 Å². The van der Waals surface area contributed by atoms with Crippen molar-refractivity contribution in [2.24, 2.45) is 0 Å². The monoisotopic (exact) mass is 238 g/mol. The first-order valence-electron chi connectivity index (χ1n) is 5.47. The topological polar surface area (TPSA) is 86.9 Å². The van der Waals surface area contributed by atoms with Gasteiger partial charge in [-0.1, -0.05) is 0 Å². The molecule has 6 heteroatoms.